The first-order valence-corrected chi connectivity index (χ1v) is 5.71. The molecule has 0 atom stereocenters. The van der Waals surface area contributed by atoms with Gasteiger partial charge in [0, 0.05) is 12.7 Å². The molecule has 0 saturated carbocycles. The van der Waals surface area contributed by atoms with E-state index in [1.54, 1.807) is 11.3 Å². The zero-order valence-electron chi connectivity index (χ0n) is 9.09. The van der Waals surface area contributed by atoms with Crippen LogP contribution in [0.5, 0.6) is 0 Å². The molecule has 0 spiro atoms. The first-order chi connectivity index (χ1) is 6.81. The molecule has 0 radical (unpaired) electrons. The molecule has 2 aromatic rings. The van der Waals surface area contributed by atoms with Crippen molar-refractivity contribution in [3.05, 3.63) is 23.2 Å². The van der Waals surface area contributed by atoms with Gasteiger partial charge < -0.3 is 5.32 Å². The summed E-state index contributed by atoms with van der Waals surface area (Å²) in [5.41, 5.74) is 5.39. The fraction of sp³-hybridized carbons (Fsp3) is 0.364. The second-order valence-corrected chi connectivity index (χ2v) is 3.62. The Morgan fingerprint density at radius 2 is 2.00 bits per heavy atom. The highest BCUT2D eigenvalue weighted by Gasteiger charge is 2.00. The molecule has 0 bridgehead atoms. The molecule has 1 heterocycles. The van der Waals surface area contributed by atoms with Crippen molar-refractivity contribution in [2.75, 3.05) is 12.4 Å². The number of hydrogen-bond donors (Lipinski definition) is 1. The maximum absolute atomic E-state index is 4.25. The van der Waals surface area contributed by atoms with E-state index < -0.39 is 0 Å². The second-order valence-electron chi connectivity index (χ2n) is 2.74. The Bertz CT molecular complexity index is 407. The number of anilines is 1. The van der Waals surface area contributed by atoms with Gasteiger partial charge in [0.25, 0.3) is 0 Å². The number of nitrogens with zero attached hydrogens (tertiary/aromatic N) is 1. The van der Waals surface area contributed by atoms with Crippen molar-refractivity contribution in [3.63, 3.8) is 0 Å². The molecule has 14 heavy (non-hydrogen) atoms. The quantitative estimate of drug-likeness (QED) is 0.773. The Hall–Kier alpha value is -1.09. The van der Waals surface area contributed by atoms with Crippen LogP contribution in [-0.4, -0.2) is 12.0 Å². The molecule has 2 rings (SSSR count). The van der Waals surface area contributed by atoms with Crippen LogP contribution in [0.25, 0.3) is 10.2 Å². The van der Waals surface area contributed by atoms with Crippen molar-refractivity contribution in [1.29, 1.82) is 0 Å². The van der Waals surface area contributed by atoms with E-state index in [1.807, 2.05) is 26.4 Å². The Morgan fingerprint density at radius 3 is 2.64 bits per heavy atom. The fourth-order valence-electron chi connectivity index (χ4n) is 1.27. The third-order valence-electron chi connectivity index (χ3n) is 1.95. The minimum atomic E-state index is 1.08. The molecular weight excluding hydrogens is 192 g/mol. The van der Waals surface area contributed by atoms with Crippen molar-refractivity contribution in [2.24, 2.45) is 0 Å². The maximum atomic E-state index is 4.25. The maximum Gasteiger partial charge on any atom is 0.0832 e. The third-order valence-corrected chi connectivity index (χ3v) is 2.74. The largest absolute Gasteiger partial charge is 0.388 e. The summed E-state index contributed by atoms with van der Waals surface area (Å²) in [6, 6.07) is 4.25. The topological polar surface area (TPSA) is 24.9 Å². The number of rotatable bonds is 1. The first-order valence-electron chi connectivity index (χ1n) is 4.83. The van der Waals surface area contributed by atoms with Gasteiger partial charge in [-0.05, 0) is 24.6 Å². The molecule has 0 aliphatic rings. The molecule has 0 saturated heterocycles. The standard InChI is InChI=1S/C9H10N2S.C2H6/c1-6-3-9-8(11-5-12-9)4-7(6)10-2;1-2/h3-5,10H,1-2H3;1-2H3. The zero-order valence-corrected chi connectivity index (χ0v) is 9.90. The molecule has 3 heteroatoms. The van der Waals surface area contributed by atoms with Gasteiger partial charge in [-0.1, -0.05) is 13.8 Å². The van der Waals surface area contributed by atoms with E-state index in [4.69, 9.17) is 0 Å². The lowest BCUT2D eigenvalue weighted by Crippen LogP contribution is -1.90. The minimum Gasteiger partial charge on any atom is -0.388 e. The van der Waals surface area contributed by atoms with Gasteiger partial charge in [0.05, 0.1) is 15.7 Å². The van der Waals surface area contributed by atoms with Crippen LogP contribution >= 0.6 is 11.3 Å². The highest BCUT2D eigenvalue weighted by atomic mass is 32.1. The number of fused-ring (bicyclic) bond motifs is 1. The number of hydrogen-bond acceptors (Lipinski definition) is 3. The van der Waals surface area contributed by atoms with E-state index in [-0.39, 0.29) is 0 Å². The van der Waals surface area contributed by atoms with E-state index >= 15 is 0 Å². The smallest absolute Gasteiger partial charge is 0.0832 e. The second kappa shape index (κ2) is 4.96. The van der Waals surface area contributed by atoms with Crippen LogP contribution in [0.1, 0.15) is 19.4 Å². The molecule has 0 aliphatic carbocycles. The summed E-state index contributed by atoms with van der Waals surface area (Å²) in [7, 11) is 1.93. The average molecular weight is 208 g/mol. The Morgan fingerprint density at radius 1 is 1.29 bits per heavy atom. The van der Waals surface area contributed by atoms with Crippen molar-refractivity contribution in [2.45, 2.75) is 20.8 Å². The molecule has 76 valence electrons. The van der Waals surface area contributed by atoms with Crippen LogP contribution < -0.4 is 5.32 Å². The van der Waals surface area contributed by atoms with Crippen molar-refractivity contribution in [1.82, 2.24) is 4.98 Å². The van der Waals surface area contributed by atoms with Crippen LogP contribution in [0, 0.1) is 6.92 Å². The van der Waals surface area contributed by atoms with Crippen molar-refractivity contribution < 1.29 is 0 Å². The van der Waals surface area contributed by atoms with E-state index in [0.29, 0.717) is 0 Å². The highest BCUT2D eigenvalue weighted by molar-refractivity contribution is 7.16. The Balaban J connectivity index is 0.000000461. The average Bonchev–Trinajstić information content (AvgIpc) is 2.66. The van der Waals surface area contributed by atoms with Crippen LogP contribution in [0.3, 0.4) is 0 Å². The monoisotopic (exact) mass is 208 g/mol. The summed E-state index contributed by atoms with van der Waals surface area (Å²) in [5.74, 6) is 0. The van der Waals surface area contributed by atoms with Crippen LogP contribution in [0.15, 0.2) is 17.6 Å². The van der Waals surface area contributed by atoms with Gasteiger partial charge in [0.1, 0.15) is 0 Å². The van der Waals surface area contributed by atoms with Crippen LogP contribution in [0.4, 0.5) is 5.69 Å². The number of benzene rings is 1. The summed E-state index contributed by atoms with van der Waals surface area (Å²) in [4.78, 5) is 4.25. The van der Waals surface area contributed by atoms with Gasteiger partial charge in [-0.2, -0.15) is 0 Å². The number of nitrogens with one attached hydrogen (secondary N) is 1. The van der Waals surface area contributed by atoms with Gasteiger partial charge in [-0.3, -0.25) is 0 Å². The molecule has 0 aliphatic heterocycles. The zero-order chi connectivity index (χ0) is 10.6. The molecular formula is C11H16N2S. The van der Waals surface area contributed by atoms with Gasteiger partial charge in [-0.25, -0.2) is 4.98 Å². The lowest BCUT2D eigenvalue weighted by Gasteiger charge is -2.03. The minimum absolute atomic E-state index is 1.08. The Kier molecular flexibility index (Phi) is 3.89. The Labute approximate surface area is 89.0 Å². The van der Waals surface area contributed by atoms with E-state index in [9.17, 15) is 0 Å². The van der Waals surface area contributed by atoms with Gasteiger partial charge in [-0.15, -0.1) is 11.3 Å². The van der Waals surface area contributed by atoms with Gasteiger partial charge in [0.15, 0.2) is 0 Å². The normalized spacial score (nSPS) is 9.43. The van der Waals surface area contributed by atoms with Crippen LogP contribution in [0.2, 0.25) is 0 Å². The third kappa shape index (κ3) is 2.04. The summed E-state index contributed by atoms with van der Waals surface area (Å²) in [6.07, 6.45) is 0. The number of aromatic nitrogens is 1. The lowest BCUT2D eigenvalue weighted by molar-refractivity contribution is 1.41. The fourth-order valence-corrected chi connectivity index (χ4v) is 2.03. The predicted molar refractivity (Wildman–Crippen MR) is 65.3 cm³/mol. The molecule has 0 unspecified atom stereocenters. The van der Waals surface area contributed by atoms with E-state index in [0.717, 1.165) is 11.2 Å². The summed E-state index contributed by atoms with van der Waals surface area (Å²) < 4.78 is 1.26. The van der Waals surface area contributed by atoms with Gasteiger partial charge in [0.2, 0.25) is 0 Å². The summed E-state index contributed by atoms with van der Waals surface area (Å²) >= 11 is 1.68. The molecule has 1 aromatic heterocycles. The molecule has 1 N–H and O–H groups in total. The lowest BCUT2D eigenvalue weighted by atomic mass is 10.2. The van der Waals surface area contributed by atoms with Gasteiger partial charge >= 0.3 is 0 Å². The number of aryl methyl sites for hydroxylation is 1. The number of thiazole rings is 1. The van der Waals surface area contributed by atoms with Crippen molar-refractivity contribution in [3.8, 4) is 0 Å². The summed E-state index contributed by atoms with van der Waals surface area (Å²) in [6.45, 7) is 6.10. The summed E-state index contributed by atoms with van der Waals surface area (Å²) in [5, 5.41) is 3.14. The van der Waals surface area contributed by atoms with Crippen LogP contribution in [-0.2, 0) is 0 Å². The molecule has 0 amide bonds. The SMILES string of the molecule is CC.CNc1cc2ncsc2cc1C. The predicted octanol–water partition coefficient (Wildman–Crippen LogP) is 3.67. The van der Waals surface area contributed by atoms with Crippen molar-refractivity contribution >= 4 is 27.2 Å². The van der Waals surface area contributed by atoms with E-state index in [1.165, 1.54) is 10.3 Å². The molecule has 2 nitrogen and oxygen atoms in total. The molecule has 0 fully saturated rings. The molecule has 1 aromatic carbocycles. The van der Waals surface area contributed by atoms with E-state index in [2.05, 4.69) is 29.4 Å². The first kappa shape index (κ1) is 11.0. The highest BCUT2D eigenvalue weighted by Crippen LogP contribution is 2.24.